The van der Waals surface area contributed by atoms with Gasteiger partial charge >= 0.3 is 0 Å². The molecule has 2 unspecified atom stereocenters. The maximum atomic E-state index is 13.7. The first-order valence-corrected chi connectivity index (χ1v) is 10.8. The number of hydrogen-bond acceptors (Lipinski definition) is 3. The van der Waals surface area contributed by atoms with E-state index in [0.717, 1.165) is 30.5 Å². The Morgan fingerprint density at radius 1 is 1.17 bits per heavy atom. The maximum absolute atomic E-state index is 13.7. The topological polar surface area (TPSA) is 46.2 Å². The molecule has 24 heavy (non-hydrogen) atoms. The second-order valence-electron chi connectivity index (χ2n) is 6.80. The van der Waals surface area contributed by atoms with Gasteiger partial charge in [0.2, 0.25) is 0 Å². The average Bonchev–Trinajstić information content (AvgIpc) is 3.00. The Balaban J connectivity index is 1.96. The van der Waals surface area contributed by atoms with Gasteiger partial charge in [-0.1, -0.05) is 23.8 Å². The predicted octanol–water partition coefficient (Wildman–Crippen LogP) is 3.58. The average molecular weight is 453 g/mol. The molecule has 1 heterocycles. The lowest BCUT2D eigenvalue weighted by Crippen LogP contribution is -2.49. The van der Waals surface area contributed by atoms with Gasteiger partial charge in [-0.05, 0) is 90.7 Å². The molecule has 1 saturated heterocycles. The van der Waals surface area contributed by atoms with Crippen molar-refractivity contribution >= 4 is 32.4 Å². The lowest BCUT2D eigenvalue weighted by Gasteiger charge is -2.40. The quantitative estimate of drug-likeness (QED) is 0.708. The first kappa shape index (κ1) is 16.5. The second kappa shape index (κ2) is 5.81. The molecule has 2 aromatic carbocycles. The molecule has 0 saturated carbocycles. The van der Waals surface area contributed by atoms with Gasteiger partial charge < -0.3 is 5.32 Å². The molecule has 1 aliphatic heterocycles. The molecular formula is C19H20INO2S. The van der Waals surface area contributed by atoms with E-state index in [-0.39, 0.29) is 6.04 Å². The van der Waals surface area contributed by atoms with Crippen molar-refractivity contribution in [3.63, 3.8) is 0 Å². The lowest BCUT2D eigenvalue weighted by atomic mass is 9.79. The lowest BCUT2D eigenvalue weighted by molar-refractivity contribution is 0.416. The van der Waals surface area contributed by atoms with Crippen LogP contribution in [0.15, 0.2) is 47.4 Å². The molecule has 1 aliphatic carbocycles. The van der Waals surface area contributed by atoms with Gasteiger partial charge in [-0.15, -0.1) is 0 Å². The fourth-order valence-electron chi connectivity index (χ4n) is 4.30. The Morgan fingerprint density at radius 2 is 1.92 bits per heavy atom. The third-order valence-corrected chi connectivity index (χ3v) is 8.72. The molecule has 1 N–H and O–H groups in total. The summed E-state index contributed by atoms with van der Waals surface area (Å²) < 4.78 is 27.7. The van der Waals surface area contributed by atoms with Crippen LogP contribution < -0.4 is 5.32 Å². The molecule has 2 aromatic rings. The van der Waals surface area contributed by atoms with E-state index in [4.69, 9.17) is 0 Å². The summed E-state index contributed by atoms with van der Waals surface area (Å²) >= 11 is 2.30. The highest BCUT2D eigenvalue weighted by Crippen LogP contribution is 2.49. The molecule has 126 valence electrons. The molecule has 0 bridgehead atoms. The third-order valence-electron chi connectivity index (χ3n) is 5.49. The van der Waals surface area contributed by atoms with Gasteiger partial charge in [0.05, 0.1) is 4.90 Å². The number of sulfone groups is 1. The van der Waals surface area contributed by atoms with E-state index < -0.39 is 14.6 Å². The van der Waals surface area contributed by atoms with Crippen LogP contribution in [0, 0.1) is 10.5 Å². The molecule has 0 radical (unpaired) electrons. The number of aryl methyl sites for hydroxylation is 2. The second-order valence-corrected chi connectivity index (χ2v) is 10.3. The van der Waals surface area contributed by atoms with E-state index in [1.807, 2.05) is 31.2 Å². The minimum absolute atomic E-state index is 0.00337. The number of rotatable bonds is 2. The Hall–Kier alpha value is -0.920. The summed E-state index contributed by atoms with van der Waals surface area (Å²) in [4.78, 5) is 0.438. The zero-order valence-electron chi connectivity index (χ0n) is 13.5. The zero-order chi connectivity index (χ0) is 16.9. The molecule has 0 aromatic heterocycles. The summed E-state index contributed by atoms with van der Waals surface area (Å²) in [6.45, 7) is 2.73. The van der Waals surface area contributed by atoms with Gasteiger partial charge in [0.25, 0.3) is 0 Å². The molecule has 2 atom stereocenters. The van der Waals surface area contributed by atoms with Crippen molar-refractivity contribution in [3.05, 3.63) is 62.7 Å². The molecule has 1 fully saturated rings. The van der Waals surface area contributed by atoms with Crippen LogP contribution in [0.2, 0.25) is 0 Å². The normalized spacial score (nSPS) is 26.0. The van der Waals surface area contributed by atoms with Gasteiger partial charge in [-0.3, -0.25) is 0 Å². The van der Waals surface area contributed by atoms with Crippen molar-refractivity contribution < 1.29 is 8.42 Å². The van der Waals surface area contributed by atoms with E-state index in [1.165, 1.54) is 9.13 Å². The first-order valence-electron chi connectivity index (χ1n) is 8.29. The van der Waals surface area contributed by atoms with Crippen LogP contribution in [-0.4, -0.2) is 21.0 Å². The predicted molar refractivity (Wildman–Crippen MR) is 104 cm³/mol. The summed E-state index contributed by atoms with van der Waals surface area (Å²) in [6, 6.07) is 13.5. The molecule has 0 amide bonds. The first-order chi connectivity index (χ1) is 11.4. The van der Waals surface area contributed by atoms with Crippen LogP contribution in [-0.2, 0) is 21.0 Å². The minimum Gasteiger partial charge on any atom is -0.312 e. The van der Waals surface area contributed by atoms with Crippen LogP contribution in [0.1, 0.15) is 29.5 Å². The highest BCUT2D eigenvalue weighted by Gasteiger charge is 2.56. The SMILES string of the molecule is Cc1ccc(S(=O)(=O)C23CCNC2CCc2cc(I)ccc23)cc1. The van der Waals surface area contributed by atoms with Crippen LogP contribution in [0.25, 0.3) is 0 Å². The van der Waals surface area contributed by atoms with Gasteiger partial charge in [0, 0.05) is 9.61 Å². The highest BCUT2D eigenvalue weighted by molar-refractivity contribution is 14.1. The van der Waals surface area contributed by atoms with Crippen molar-refractivity contribution in [2.24, 2.45) is 0 Å². The number of halogens is 1. The van der Waals surface area contributed by atoms with Crippen LogP contribution >= 0.6 is 22.6 Å². The summed E-state index contributed by atoms with van der Waals surface area (Å²) in [6.07, 6.45) is 2.45. The van der Waals surface area contributed by atoms with Crippen molar-refractivity contribution in [2.45, 2.75) is 41.9 Å². The maximum Gasteiger partial charge on any atom is 0.189 e. The molecule has 4 rings (SSSR count). The number of nitrogens with one attached hydrogen (secondary N) is 1. The van der Waals surface area contributed by atoms with Crippen LogP contribution in [0.3, 0.4) is 0 Å². The molecule has 5 heteroatoms. The molecular weight excluding hydrogens is 433 g/mol. The fraction of sp³-hybridized carbons (Fsp3) is 0.368. The largest absolute Gasteiger partial charge is 0.312 e. The highest BCUT2D eigenvalue weighted by atomic mass is 127. The standard InChI is InChI=1S/C19H20INO2S/c1-13-2-6-16(7-3-13)24(22,23)19-10-11-21-18(19)9-4-14-12-15(20)5-8-17(14)19/h2-3,5-8,12,18,21H,4,9-11H2,1H3. The van der Waals surface area contributed by atoms with Gasteiger partial charge in [0.15, 0.2) is 9.84 Å². The van der Waals surface area contributed by atoms with E-state index in [9.17, 15) is 8.42 Å². The van der Waals surface area contributed by atoms with Crippen LogP contribution in [0.4, 0.5) is 0 Å². The molecule has 3 nitrogen and oxygen atoms in total. The van der Waals surface area contributed by atoms with Gasteiger partial charge in [-0.25, -0.2) is 8.42 Å². The van der Waals surface area contributed by atoms with Crippen molar-refractivity contribution in [3.8, 4) is 0 Å². The van der Waals surface area contributed by atoms with E-state index >= 15 is 0 Å². The number of hydrogen-bond donors (Lipinski definition) is 1. The summed E-state index contributed by atoms with van der Waals surface area (Å²) in [5.41, 5.74) is 3.27. The van der Waals surface area contributed by atoms with Crippen LogP contribution in [0.5, 0.6) is 0 Å². The zero-order valence-corrected chi connectivity index (χ0v) is 16.5. The van der Waals surface area contributed by atoms with Gasteiger partial charge in [-0.2, -0.15) is 0 Å². The van der Waals surface area contributed by atoms with Crippen molar-refractivity contribution in [1.29, 1.82) is 0 Å². The Kier molecular flexibility index (Phi) is 4.01. The minimum atomic E-state index is -3.47. The Morgan fingerprint density at radius 3 is 2.67 bits per heavy atom. The number of benzene rings is 2. The Labute approximate surface area is 156 Å². The fourth-order valence-corrected chi connectivity index (χ4v) is 7.21. The summed E-state index contributed by atoms with van der Waals surface area (Å²) in [5.74, 6) is 0. The molecule has 0 spiro atoms. The van der Waals surface area contributed by atoms with Crippen molar-refractivity contribution in [1.82, 2.24) is 5.32 Å². The molecule has 2 aliphatic rings. The number of fused-ring (bicyclic) bond motifs is 3. The van der Waals surface area contributed by atoms with E-state index in [0.29, 0.717) is 11.3 Å². The van der Waals surface area contributed by atoms with Gasteiger partial charge in [0.1, 0.15) is 4.75 Å². The smallest absolute Gasteiger partial charge is 0.189 e. The monoisotopic (exact) mass is 453 g/mol. The summed E-state index contributed by atoms with van der Waals surface area (Å²) in [5, 5.41) is 3.46. The Bertz CT molecular complexity index is 892. The van der Waals surface area contributed by atoms with E-state index in [2.05, 4.69) is 34.0 Å². The third kappa shape index (κ3) is 2.28. The van der Waals surface area contributed by atoms with Crippen molar-refractivity contribution in [2.75, 3.05) is 6.54 Å². The van der Waals surface area contributed by atoms with E-state index in [1.54, 1.807) is 12.1 Å². The summed E-state index contributed by atoms with van der Waals surface area (Å²) in [7, 11) is -3.47.